The number of hydrogen-bond acceptors (Lipinski definition) is 5. The van der Waals surface area contributed by atoms with Crippen LogP contribution in [0.25, 0.3) is 5.57 Å². The Morgan fingerprint density at radius 1 is 1.04 bits per heavy atom. The third-order valence-electron chi connectivity index (χ3n) is 5.58. The van der Waals surface area contributed by atoms with Gasteiger partial charge in [0.2, 0.25) is 0 Å². The van der Waals surface area contributed by atoms with Crippen molar-refractivity contribution in [1.82, 2.24) is 9.80 Å². The van der Waals surface area contributed by atoms with Crippen molar-refractivity contribution in [2.24, 2.45) is 0 Å². The summed E-state index contributed by atoms with van der Waals surface area (Å²) in [6.07, 6.45) is 3.27. The van der Waals surface area contributed by atoms with Gasteiger partial charge in [-0.1, -0.05) is 5.57 Å². The number of likely N-dealkylation sites (tertiary alicyclic amines) is 2. The molecule has 1 unspecified atom stereocenters. The lowest BCUT2D eigenvalue weighted by Gasteiger charge is -2.34. The van der Waals surface area contributed by atoms with Crippen LogP contribution in [0, 0.1) is 0 Å². The summed E-state index contributed by atoms with van der Waals surface area (Å²) >= 11 is 3.42. The van der Waals surface area contributed by atoms with Crippen LogP contribution in [0.2, 0.25) is 0 Å². The highest BCUT2D eigenvalue weighted by atomic mass is 32.1. The number of piperidine rings is 1. The molecule has 0 bridgehead atoms. The second-order valence-corrected chi connectivity index (χ2v) is 8.71. The van der Waals surface area contributed by atoms with Crippen molar-refractivity contribution in [3.63, 3.8) is 0 Å². The van der Waals surface area contributed by atoms with E-state index in [9.17, 15) is 9.59 Å². The molecule has 2 amide bonds. The lowest BCUT2D eigenvalue weighted by molar-refractivity contribution is -0.145. The van der Waals surface area contributed by atoms with Gasteiger partial charge in [0.25, 0.3) is 0 Å². The fourth-order valence-electron chi connectivity index (χ4n) is 4.16. The molecule has 1 atom stereocenters. The van der Waals surface area contributed by atoms with Gasteiger partial charge < -0.3 is 14.5 Å². The normalized spacial score (nSPS) is 19.8. The maximum atomic E-state index is 13.0. The van der Waals surface area contributed by atoms with Crippen molar-refractivity contribution >= 4 is 40.2 Å². The standard InChI is InChI=1S/C21H24N2O3S2/c1-26-20(24)18-3-2-8-23(18)21(25)22-9-4-15(5-10-22)19(16-6-11-27-13-16)17-7-12-28-14-17/h6-7,11-14,18H,2-5,8-10H2,1H3. The van der Waals surface area contributed by atoms with E-state index in [0.29, 0.717) is 26.1 Å². The molecule has 2 aliphatic heterocycles. The van der Waals surface area contributed by atoms with Gasteiger partial charge in [-0.2, -0.15) is 22.7 Å². The van der Waals surface area contributed by atoms with Crippen LogP contribution in [0.5, 0.6) is 0 Å². The van der Waals surface area contributed by atoms with Gasteiger partial charge in [0.05, 0.1) is 7.11 Å². The Kier molecular flexibility index (Phi) is 5.82. The fraction of sp³-hybridized carbons (Fsp3) is 0.429. The smallest absolute Gasteiger partial charge is 0.328 e. The van der Waals surface area contributed by atoms with Crippen molar-refractivity contribution < 1.29 is 14.3 Å². The van der Waals surface area contributed by atoms with Crippen LogP contribution >= 0.6 is 22.7 Å². The number of amides is 2. The van der Waals surface area contributed by atoms with Crippen molar-refractivity contribution in [3.8, 4) is 0 Å². The number of hydrogen-bond donors (Lipinski definition) is 0. The lowest BCUT2D eigenvalue weighted by Crippen LogP contribution is -2.50. The highest BCUT2D eigenvalue weighted by molar-refractivity contribution is 7.08. The van der Waals surface area contributed by atoms with E-state index < -0.39 is 6.04 Å². The predicted molar refractivity (Wildman–Crippen MR) is 113 cm³/mol. The van der Waals surface area contributed by atoms with E-state index in [1.54, 1.807) is 27.6 Å². The molecular weight excluding hydrogens is 392 g/mol. The van der Waals surface area contributed by atoms with Crippen LogP contribution in [0.4, 0.5) is 4.79 Å². The second kappa shape index (κ2) is 8.49. The van der Waals surface area contributed by atoms with Crippen LogP contribution in [0.3, 0.4) is 0 Å². The molecule has 2 fully saturated rings. The number of rotatable bonds is 3. The van der Waals surface area contributed by atoms with Crippen LogP contribution in [-0.4, -0.2) is 54.6 Å². The summed E-state index contributed by atoms with van der Waals surface area (Å²) < 4.78 is 4.88. The van der Waals surface area contributed by atoms with Gasteiger partial charge in [0.15, 0.2) is 0 Å². The zero-order valence-corrected chi connectivity index (χ0v) is 17.6. The van der Waals surface area contributed by atoms with E-state index in [1.807, 2.05) is 4.90 Å². The number of ether oxygens (including phenoxy) is 1. The number of esters is 1. The molecule has 2 aromatic rings. The molecule has 0 radical (unpaired) electrons. The number of nitrogens with zero attached hydrogens (tertiary/aromatic N) is 2. The molecule has 0 aliphatic carbocycles. The summed E-state index contributed by atoms with van der Waals surface area (Å²) in [4.78, 5) is 28.6. The Balaban J connectivity index is 1.50. The van der Waals surface area contributed by atoms with E-state index in [4.69, 9.17) is 4.74 Å². The summed E-state index contributed by atoms with van der Waals surface area (Å²) in [5.41, 5.74) is 5.27. The average molecular weight is 417 g/mol. The van der Waals surface area contributed by atoms with E-state index >= 15 is 0 Å². The third kappa shape index (κ3) is 3.73. The van der Waals surface area contributed by atoms with Crippen LogP contribution < -0.4 is 0 Å². The molecule has 2 aromatic heterocycles. The average Bonchev–Trinajstić information content (AvgIpc) is 3.50. The summed E-state index contributed by atoms with van der Waals surface area (Å²) in [5.74, 6) is -0.305. The van der Waals surface area contributed by atoms with Gasteiger partial charge in [-0.25, -0.2) is 9.59 Å². The van der Waals surface area contributed by atoms with Crippen LogP contribution in [-0.2, 0) is 9.53 Å². The molecule has 2 saturated heterocycles. The third-order valence-corrected chi connectivity index (χ3v) is 6.95. The summed E-state index contributed by atoms with van der Waals surface area (Å²) in [6, 6.07) is 3.89. The molecule has 0 spiro atoms. The zero-order valence-electron chi connectivity index (χ0n) is 15.9. The number of methoxy groups -OCH3 is 1. The van der Waals surface area contributed by atoms with Crippen molar-refractivity contribution in [2.45, 2.75) is 31.7 Å². The Morgan fingerprint density at radius 3 is 2.21 bits per heavy atom. The largest absolute Gasteiger partial charge is 0.467 e. The Bertz CT molecular complexity index is 812. The first-order valence-electron chi connectivity index (χ1n) is 9.59. The van der Waals surface area contributed by atoms with Crippen LogP contribution in [0.1, 0.15) is 36.8 Å². The highest BCUT2D eigenvalue weighted by Crippen LogP contribution is 2.35. The Hall–Kier alpha value is -2.12. The van der Waals surface area contributed by atoms with E-state index in [1.165, 1.54) is 29.4 Å². The van der Waals surface area contributed by atoms with E-state index in [-0.39, 0.29) is 12.0 Å². The summed E-state index contributed by atoms with van der Waals surface area (Å²) in [7, 11) is 1.39. The van der Waals surface area contributed by atoms with Crippen molar-refractivity contribution in [1.29, 1.82) is 0 Å². The Morgan fingerprint density at radius 2 is 1.68 bits per heavy atom. The number of carbonyl (C=O) groups is 2. The SMILES string of the molecule is COC(=O)C1CCCN1C(=O)N1CCC(=C(c2ccsc2)c2ccsc2)CC1. The molecule has 0 N–H and O–H groups in total. The first kappa shape index (κ1) is 19.2. The van der Waals surface area contributed by atoms with Gasteiger partial charge in [-0.05, 0) is 76.0 Å². The number of thiophene rings is 2. The molecule has 7 heteroatoms. The monoisotopic (exact) mass is 416 g/mol. The first-order valence-corrected chi connectivity index (χ1v) is 11.5. The maximum Gasteiger partial charge on any atom is 0.328 e. The van der Waals surface area contributed by atoms with Gasteiger partial charge in [0, 0.05) is 19.6 Å². The predicted octanol–water partition coefficient (Wildman–Crippen LogP) is 4.46. The summed E-state index contributed by atoms with van der Waals surface area (Å²) in [6.45, 7) is 2.01. The molecular formula is C21H24N2O3S2. The van der Waals surface area contributed by atoms with E-state index in [0.717, 1.165) is 19.3 Å². The molecule has 0 aromatic carbocycles. The minimum Gasteiger partial charge on any atom is -0.467 e. The lowest BCUT2D eigenvalue weighted by atomic mass is 9.91. The fourth-order valence-corrected chi connectivity index (χ4v) is 5.46. The zero-order chi connectivity index (χ0) is 19.5. The molecule has 2 aliphatic rings. The first-order chi connectivity index (χ1) is 13.7. The van der Waals surface area contributed by atoms with Crippen LogP contribution in [0.15, 0.2) is 39.2 Å². The molecule has 4 heterocycles. The molecule has 148 valence electrons. The van der Waals surface area contributed by atoms with Gasteiger partial charge >= 0.3 is 12.0 Å². The minimum atomic E-state index is -0.429. The highest BCUT2D eigenvalue weighted by Gasteiger charge is 2.37. The molecule has 5 nitrogen and oxygen atoms in total. The van der Waals surface area contributed by atoms with Gasteiger partial charge in [-0.15, -0.1) is 0 Å². The van der Waals surface area contributed by atoms with Gasteiger partial charge in [0.1, 0.15) is 6.04 Å². The molecule has 28 heavy (non-hydrogen) atoms. The Labute approximate surface area is 173 Å². The van der Waals surface area contributed by atoms with Gasteiger partial charge in [-0.3, -0.25) is 0 Å². The summed E-state index contributed by atoms with van der Waals surface area (Å²) in [5, 5.41) is 8.62. The number of urea groups is 1. The minimum absolute atomic E-state index is 0.0282. The molecule has 4 rings (SSSR count). The second-order valence-electron chi connectivity index (χ2n) is 7.15. The topological polar surface area (TPSA) is 49.9 Å². The van der Waals surface area contributed by atoms with Crippen molar-refractivity contribution in [3.05, 3.63) is 50.4 Å². The van der Waals surface area contributed by atoms with E-state index in [2.05, 4.69) is 33.7 Å². The quantitative estimate of drug-likeness (QED) is 0.694. The number of carbonyl (C=O) groups excluding carboxylic acids is 2. The van der Waals surface area contributed by atoms with Crippen molar-refractivity contribution in [2.75, 3.05) is 26.7 Å². The molecule has 0 saturated carbocycles. The maximum absolute atomic E-state index is 13.0.